The number of rotatable bonds is 5. The Morgan fingerprint density at radius 1 is 1.13 bits per heavy atom. The zero-order valence-corrected chi connectivity index (χ0v) is 15.4. The van der Waals surface area contributed by atoms with Gasteiger partial charge in [0.2, 0.25) is 0 Å². The highest BCUT2D eigenvalue weighted by Crippen LogP contribution is 2.66. The van der Waals surface area contributed by atoms with Crippen LogP contribution in [-0.4, -0.2) is 61.1 Å². The minimum absolute atomic E-state index is 0.0116. The molecule has 0 N–H and O–H groups in total. The van der Waals surface area contributed by atoms with Crippen molar-refractivity contribution >= 4 is 5.97 Å². The molecule has 4 nitrogen and oxygen atoms in total. The first-order valence-electron chi connectivity index (χ1n) is 9.51. The number of esters is 1. The molecule has 3 rings (SSSR count). The molecule has 0 radical (unpaired) electrons. The van der Waals surface area contributed by atoms with Crippen LogP contribution in [0.1, 0.15) is 53.4 Å². The number of ether oxygens (including phenoxy) is 1. The summed E-state index contributed by atoms with van der Waals surface area (Å²) in [5.74, 6) is 0.741. The van der Waals surface area contributed by atoms with Crippen molar-refractivity contribution in [2.45, 2.75) is 59.5 Å². The highest BCUT2D eigenvalue weighted by atomic mass is 16.5. The van der Waals surface area contributed by atoms with Gasteiger partial charge < -0.3 is 14.5 Å². The molecule has 3 fully saturated rings. The Morgan fingerprint density at radius 2 is 1.78 bits per heavy atom. The summed E-state index contributed by atoms with van der Waals surface area (Å²) in [5.41, 5.74) is 0.495. The van der Waals surface area contributed by atoms with E-state index in [2.05, 4.69) is 37.5 Å². The van der Waals surface area contributed by atoms with E-state index in [9.17, 15) is 4.79 Å². The Bertz CT molecular complexity index is 443. The largest absolute Gasteiger partial charge is 0.462 e. The lowest BCUT2D eigenvalue weighted by atomic mass is 9.70. The van der Waals surface area contributed by atoms with E-state index < -0.39 is 0 Å². The van der Waals surface area contributed by atoms with Gasteiger partial charge in [-0.15, -0.1) is 0 Å². The number of hydrogen-bond acceptors (Lipinski definition) is 4. The van der Waals surface area contributed by atoms with Gasteiger partial charge in [0.05, 0.1) is 6.42 Å². The highest BCUT2D eigenvalue weighted by Gasteiger charge is 2.62. The minimum Gasteiger partial charge on any atom is -0.462 e. The Labute approximate surface area is 141 Å². The van der Waals surface area contributed by atoms with Gasteiger partial charge in [0.1, 0.15) is 6.10 Å². The normalized spacial score (nSPS) is 37.2. The first-order valence-corrected chi connectivity index (χ1v) is 9.51. The molecule has 3 atom stereocenters. The Balaban J connectivity index is 1.44. The van der Waals surface area contributed by atoms with Gasteiger partial charge in [-0.05, 0) is 37.1 Å². The molecule has 1 aliphatic heterocycles. The fraction of sp³-hybridized carbons (Fsp3) is 0.947. The van der Waals surface area contributed by atoms with Crippen LogP contribution in [0.3, 0.4) is 0 Å². The van der Waals surface area contributed by atoms with Crippen LogP contribution in [-0.2, 0) is 9.53 Å². The number of fused-ring (bicyclic) bond motifs is 2. The molecule has 2 bridgehead atoms. The molecule has 3 aliphatic rings. The van der Waals surface area contributed by atoms with Gasteiger partial charge in [0, 0.05) is 38.1 Å². The monoisotopic (exact) mass is 322 g/mol. The zero-order chi connectivity index (χ0) is 16.7. The highest BCUT2D eigenvalue weighted by molar-refractivity contribution is 5.70. The van der Waals surface area contributed by atoms with Gasteiger partial charge >= 0.3 is 5.97 Å². The van der Waals surface area contributed by atoms with E-state index in [1.807, 2.05) is 0 Å². The topological polar surface area (TPSA) is 32.8 Å². The third-order valence-electron chi connectivity index (χ3n) is 7.53. The van der Waals surface area contributed by atoms with E-state index in [4.69, 9.17) is 4.74 Å². The molecule has 2 aliphatic carbocycles. The third kappa shape index (κ3) is 3.05. The maximum Gasteiger partial charge on any atom is 0.307 e. The molecule has 0 aromatic rings. The summed E-state index contributed by atoms with van der Waals surface area (Å²) in [6.07, 6.45) is 4.27. The van der Waals surface area contributed by atoms with Crippen LogP contribution in [0.2, 0.25) is 0 Å². The molecule has 132 valence electrons. The number of likely N-dealkylation sites (N-methyl/N-ethyl adjacent to an activating group) is 1. The van der Waals surface area contributed by atoms with E-state index in [0.717, 1.165) is 51.6 Å². The Kier molecular flexibility index (Phi) is 4.76. The van der Waals surface area contributed by atoms with Crippen LogP contribution in [0.5, 0.6) is 0 Å². The SMILES string of the molecule is CCN1CCN(CCC(=O)O[C@@H]2C[C@@H]3CC[C@@]2(C)C3(C)C)CC1. The molecule has 0 aromatic heterocycles. The Morgan fingerprint density at radius 3 is 2.30 bits per heavy atom. The number of nitrogens with zero attached hydrogens (tertiary/aromatic N) is 2. The van der Waals surface area contributed by atoms with Crippen molar-refractivity contribution in [3.05, 3.63) is 0 Å². The van der Waals surface area contributed by atoms with Crippen LogP contribution < -0.4 is 0 Å². The van der Waals surface area contributed by atoms with Gasteiger partial charge in [-0.2, -0.15) is 0 Å². The fourth-order valence-electron chi connectivity index (χ4n) is 5.10. The van der Waals surface area contributed by atoms with Crippen LogP contribution in [0.4, 0.5) is 0 Å². The van der Waals surface area contributed by atoms with Gasteiger partial charge in [0.15, 0.2) is 0 Å². The van der Waals surface area contributed by atoms with Gasteiger partial charge in [-0.25, -0.2) is 0 Å². The molecular formula is C19H34N2O2. The van der Waals surface area contributed by atoms with Crippen LogP contribution in [0.15, 0.2) is 0 Å². The summed E-state index contributed by atoms with van der Waals surface area (Å²) in [4.78, 5) is 17.2. The second-order valence-electron chi connectivity index (χ2n) is 8.61. The second kappa shape index (κ2) is 6.36. The van der Waals surface area contributed by atoms with E-state index in [-0.39, 0.29) is 17.5 Å². The maximum absolute atomic E-state index is 12.3. The van der Waals surface area contributed by atoms with Gasteiger partial charge in [0.25, 0.3) is 0 Å². The van der Waals surface area contributed by atoms with Crippen molar-refractivity contribution in [1.29, 1.82) is 0 Å². The smallest absolute Gasteiger partial charge is 0.307 e. The molecule has 0 aromatic carbocycles. The quantitative estimate of drug-likeness (QED) is 0.729. The van der Waals surface area contributed by atoms with E-state index >= 15 is 0 Å². The van der Waals surface area contributed by atoms with Crippen LogP contribution >= 0.6 is 0 Å². The first kappa shape index (κ1) is 17.2. The van der Waals surface area contributed by atoms with Gasteiger partial charge in [-0.3, -0.25) is 4.79 Å². The maximum atomic E-state index is 12.3. The van der Waals surface area contributed by atoms with E-state index in [1.54, 1.807) is 0 Å². The summed E-state index contributed by atoms with van der Waals surface area (Å²) in [5, 5.41) is 0. The zero-order valence-electron chi connectivity index (χ0n) is 15.4. The second-order valence-corrected chi connectivity index (χ2v) is 8.61. The standard InChI is InChI=1S/C19H34N2O2/c1-5-20-10-12-21(13-11-20)9-7-17(22)23-16-14-15-6-8-19(16,4)18(15,2)3/h15-16H,5-14H2,1-4H3/t15-,16+,19+/m0/s1. The van der Waals surface area contributed by atoms with Crippen molar-refractivity contribution in [1.82, 2.24) is 9.80 Å². The lowest BCUT2D eigenvalue weighted by molar-refractivity contribution is -0.157. The molecule has 1 saturated heterocycles. The average Bonchev–Trinajstić information content (AvgIpc) is 2.87. The van der Waals surface area contributed by atoms with Crippen molar-refractivity contribution in [3.8, 4) is 0 Å². The summed E-state index contributed by atoms with van der Waals surface area (Å²) < 4.78 is 5.94. The molecule has 2 saturated carbocycles. The number of carbonyl (C=O) groups is 1. The molecule has 4 heteroatoms. The summed E-state index contributed by atoms with van der Waals surface area (Å²) in [7, 11) is 0. The third-order valence-corrected chi connectivity index (χ3v) is 7.53. The van der Waals surface area contributed by atoms with Crippen LogP contribution in [0.25, 0.3) is 0 Å². The summed E-state index contributed by atoms with van der Waals surface area (Å²) >= 11 is 0. The van der Waals surface area contributed by atoms with Crippen molar-refractivity contribution in [2.75, 3.05) is 39.3 Å². The summed E-state index contributed by atoms with van der Waals surface area (Å²) in [6.45, 7) is 15.7. The molecule has 0 unspecified atom stereocenters. The van der Waals surface area contributed by atoms with E-state index in [1.165, 1.54) is 12.8 Å². The number of carbonyl (C=O) groups excluding carboxylic acids is 1. The van der Waals surface area contributed by atoms with Crippen LogP contribution in [0, 0.1) is 16.7 Å². The minimum atomic E-state index is 0.0116. The number of hydrogen-bond donors (Lipinski definition) is 0. The Hall–Kier alpha value is -0.610. The predicted molar refractivity (Wildman–Crippen MR) is 92.3 cm³/mol. The average molecular weight is 322 g/mol. The van der Waals surface area contributed by atoms with Crippen molar-refractivity contribution < 1.29 is 9.53 Å². The lowest BCUT2D eigenvalue weighted by Gasteiger charge is -2.38. The molecular weight excluding hydrogens is 288 g/mol. The molecule has 0 spiro atoms. The fourth-order valence-corrected chi connectivity index (χ4v) is 5.10. The van der Waals surface area contributed by atoms with Crippen molar-refractivity contribution in [2.24, 2.45) is 16.7 Å². The van der Waals surface area contributed by atoms with Crippen molar-refractivity contribution in [3.63, 3.8) is 0 Å². The van der Waals surface area contributed by atoms with E-state index in [0.29, 0.717) is 11.8 Å². The lowest BCUT2D eigenvalue weighted by Crippen LogP contribution is -2.46. The first-order chi connectivity index (χ1) is 10.9. The molecule has 1 heterocycles. The predicted octanol–water partition coefficient (Wildman–Crippen LogP) is 2.77. The van der Waals surface area contributed by atoms with Gasteiger partial charge in [-0.1, -0.05) is 27.7 Å². The number of piperazine rings is 1. The molecule has 0 amide bonds. The molecule has 23 heavy (non-hydrogen) atoms. The summed E-state index contributed by atoms with van der Waals surface area (Å²) in [6, 6.07) is 0.